The van der Waals surface area contributed by atoms with Crippen LogP contribution in [-0.2, 0) is 6.54 Å². The molecule has 0 spiro atoms. The SMILES string of the molecule is Cc1sc(C(=O)O)cc1CNC1(CO)CC1. The van der Waals surface area contributed by atoms with Gasteiger partial charge in [-0.15, -0.1) is 11.3 Å². The van der Waals surface area contributed by atoms with Crippen LogP contribution < -0.4 is 5.32 Å². The van der Waals surface area contributed by atoms with Crippen LogP contribution in [0.3, 0.4) is 0 Å². The molecule has 3 N–H and O–H groups in total. The minimum absolute atomic E-state index is 0.0994. The van der Waals surface area contributed by atoms with Crippen molar-refractivity contribution in [2.75, 3.05) is 6.61 Å². The van der Waals surface area contributed by atoms with Crippen molar-refractivity contribution in [2.45, 2.75) is 31.8 Å². The van der Waals surface area contributed by atoms with Gasteiger partial charge in [-0.25, -0.2) is 4.79 Å². The van der Waals surface area contributed by atoms with E-state index in [0.29, 0.717) is 11.4 Å². The van der Waals surface area contributed by atoms with Gasteiger partial charge in [0.15, 0.2) is 0 Å². The number of carboxylic acids is 1. The summed E-state index contributed by atoms with van der Waals surface area (Å²) >= 11 is 1.30. The van der Waals surface area contributed by atoms with E-state index in [1.165, 1.54) is 11.3 Å². The Hall–Kier alpha value is -0.910. The highest BCUT2D eigenvalue weighted by atomic mass is 32.1. The van der Waals surface area contributed by atoms with Gasteiger partial charge < -0.3 is 15.5 Å². The standard InChI is InChI=1S/C11H15NO3S/c1-7-8(4-9(16-7)10(14)15)5-12-11(6-13)2-3-11/h4,12-13H,2-3,5-6H2,1H3,(H,14,15). The summed E-state index contributed by atoms with van der Waals surface area (Å²) in [6.45, 7) is 2.71. The first kappa shape index (κ1) is 11.6. The number of hydrogen-bond acceptors (Lipinski definition) is 4. The van der Waals surface area contributed by atoms with Gasteiger partial charge in [0.1, 0.15) is 4.88 Å². The molecule has 88 valence electrons. The van der Waals surface area contributed by atoms with E-state index >= 15 is 0 Å². The predicted octanol–water partition coefficient (Wildman–Crippen LogP) is 1.37. The third-order valence-corrected chi connectivity index (χ3v) is 4.12. The number of aliphatic hydroxyl groups is 1. The maximum atomic E-state index is 10.8. The number of carboxylic acid groups (broad SMARTS) is 1. The third kappa shape index (κ3) is 2.26. The van der Waals surface area contributed by atoms with Crippen molar-refractivity contribution in [2.24, 2.45) is 0 Å². The van der Waals surface area contributed by atoms with E-state index in [1.54, 1.807) is 6.07 Å². The van der Waals surface area contributed by atoms with Gasteiger partial charge in [0.2, 0.25) is 0 Å². The molecule has 1 aromatic rings. The molecule has 0 radical (unpaired) electrons. The zero-order valence-corrected chi connectivity index (χ0v) is 9.93. The largest absolute Gasteiger partial charge is 0.477 e. The van der Waals surface area contributed by atoms with Crippen LogP contribution in [0.15, 0.2) is 6.07 Å². The third-order valence-electron chi connectivity index (χ3n) is 3.04. The summed E-state index contributed by atoms with van der Waals surface area (Å²) in [5, 5.41) is 21.3. The molecule has 0 amide bonds. The average molecular weight is 241 g/mol. The molecule has 1 heterocycles. The van der Waals surface area contributed by atoms with Crippen molar-refractivity contribution in [1.82, 2.24) is 5.32 Å². The smallest absolute Gasteiger partial charge is 0.345 e. The van der Waals surface area contributed by atoms with Crippen molar-refractivity contribution in [3.63, 3.8) is 0 Å². The molecule has 1 saturated carbocycles. The van der Waals surface area contributed by atoms with Gasteiger partial charge in [-0.3, -0.25) is 0 Å². The van der Waals surface area contributed by atoms with Crippen LogP contribution in [0.4, 0.5) is 0 Å². The fourth-order valence-corrected chi connectivity index (χ4v) is 2.51. The van der Waals surface area contributed by atoms with E-state index in [9.17, 15) is 4.79 Å². The van der Waals surface area contributed by atoms with Crippen molar-refractivity contribution in [3.05, 3.63) is 21.4 Å². The lowest BCUT2D eigenvalue weighted by Gasteiger charge is -2.13. The first-order valence-electron chi connectivity index (χ1n) is 5.25. The number of carbonyl (C=O) groups is 1. The van der Waals surface area contributed by atoms with Crippen LogP contribution in [0, 0.1) is 6.92 Å². The normalized spacial score (nSPS) is 17.4. The van der Waals surface area contributed by atoms with Gasteiger partial charge in [-0.1, -0.05) is 0 Å². The Kier molecular flexibility index (Phi) is 3.01. The lowest BCUT2D eigenvalue weighted by Crippen LogP contribution is -2.34. The van der Waals surface area contributed by atoms with E-state index < -0.39 is 5.97 Å². The molecule has 16 heavy (non-hydrogen) atoms. The molecule has 1 fully saturated rings. The molecule has 0 bridgehead atoms. The highest BCUT2D eigenvalue weighted by Crippen LogP contribution is 2.35. The van der Waals surface area contributed by atoms with Gasteiger partial charge in [0.05, 0.1) is 6.61 Å². The fourth-order valence-electron chi connectivity index (χ4n) is 1.63. The van der Waals surface area contributed by atoms with Gasteiger partial charge >= 0.3 is 5.97 Å². The van der Waals surface area contributed by atoms with Crippen LogP contribution in [0.2, 0.25) is 0 Å². The number of nitrogens with one attached hydrogen (secondary N) is 1. The van der Waals surface area contributed by atoms with E-state index in [0.717, 1.165) is 23.3 Å². The summed E-state index contributed by atoms with van der Waals surface area (Å²) in [4.78, 5) is 12.2. The summed E-state index contributed by atoms with van der Waals surface area (Å²) < 4.78 is 0. The molecule has 0 aliphatic heterocycles. The number of thiophene rings is 1. The Balaban J connectivity index is 2.01. The van der Waals surface area contributed by atoms with Crippen LogP contribution in [-0.4, -0.2) is 28.3 Å². The average Bonchev–Trinajstić information content (AvgIpc) is 2.94. The lowest BCUT2D eigenvalue weighted by molar-refractivity contribution is 0.0702. The Morgan fingerprint density at radius 2 is 2.31 bits per heavy atom. The summed E-state index contributed by atoms with van der Waals surface area (Å²) in [5.74, 6) is -0.873. The molecular weight excluding hydrogens is 226 g/mol. The Bertz CT molecular complexity index is 409. The maximum absolute atomic E-state index is 10.8. The van der Waals surface area contributed by atoms with Crippen LogP contribution >= 0.6 is 11.3 Å². The first-order chi connectivity index (χ1) is 7.56. The predicted molar refractivity (Wildman–Crippen MR) is 61.9 cm³/mol. The molecule has 1 aliphatic rings. The quantitative estimate of drug-likeness (QED) is 0.728. The molecule has 0 atom stereocenters. The number of hydrogen-bond donors (Lipinski definition) is 3. The molecule has 5 heteroatoms. The lowest BCUT2D eigenvalue weighted by atomic mass is 10.2. The summed E-state index contributed by atoms with van der Waals surface area (Å²) in [6.07, 6.45) is 2.00. The Labute approximate surface area is 97.9 Å². The monoisotopic (exact) mass is 241 g/mol. The molecular formula is C11H15NO3S. The second kappa shape index (κ2) is 4.16. The highest BCUT2D eigenvalue weighted by Gasteiger charge is 2.41. The summed E-state index contributed by atoms with van der Waals surface area (Å²) in [7, 11) is 0. The van der Waals surface area contributed by atoms with E-state index in [1.807, 2.05) is 6.92 Å². The van der Waals surface area contributed by atoms with Crippen LogP contribution in [0.1, 0.15) is 33.0 Å². The van der Waals surface area contributed by atoms with Gasteiger partial charge in [-0.05, 0) is 31.4 Å². The Morgan fingerprint density at radius 1 is 1.62 bits per heavy atom. The zero-order chi connectivity index (χ0) is 11.8. The summed E-state index contributed by atoms with van der Waals surface area (Å²) in [5.41, 5.74) is 0.916. The molecule has 0 aromatic carbocycles. The molecule has 2 rings (SSSR count). The number of rotatable bonds is 5. The number of aryl methyl sites for hydroxylation is 1. The summed E-state index contributed by atoms with van der Waals surface area (Å²) in [6, 6.07) is 1.71. The second-order valence-corrected chi connectivity index (χ2v) is 5.55. The molecule has 4 nitrogen and oxygen atoms in total. The van der Waals surface area contributed by atoms with E-state index in [2.05, 4.69) is 5.32 Å². The molecule has 1 aromatic heterocycles. The van der Waals surface area contributed by atoms with E-state index in [4.69, 9.17) is 10.2 Å². The topological polar surface area (TPSA) is 69.6 Å². The van der Waals surface area contributed by atoms with Gasteiger partial charge in [0, 0.05) is 17.0 Å². The van der Waals surface area contributed by atoms with Crippen LogP contribution in [0.5, 0.6) is 0 Å². The van der Waals surface area contributed by atoms with Crippen molar-refractivity contribution in [1.29, 1.82) is 0 Å². The fraction of sp³-hybridized carbons (Fsp3) is 0.545. The Morgan fingerprint density at radius 3 is 2.75 bits per heavy atom. The second-order valence-electron chi connectivity index (χ2n) is 4.29. The molecule has 0 saturated heterocycles. The minimum Gasteiger partial charge on any atom is -0.477 e. The zero-order valence-electron chi connectivity index (χ0n) is 9.12. The molecule has 1 aliphatic carbocycles. The van der Waals surface area contributed by atoms with Crippen molar-refractivity contribution >= 4 is 17.3 Å². The van der Waals surface area contributed by atoms with Crippen molar-refractivity contribution < 1.29 is 15.0 Å². The van der Waals surface area contributed by atoms with E-state index in [-0.39, 0.29) is 12.1 Å². The first-order valence-corrected chi connectivity index (χ1v) is 6.06. The number of aliphatic hydroxyl groups excluding tert-OH is 1. The minimum atomic E-state index is -0.873. The highest BCUT2D eigenvalue weighted by molar-refractivity contribution is 7.14. The molecule has 0 unspecified atom stereocenters. The maximum Gasteiger partial charge on any atom is 0.345 e. The van der Waals surface area contributed by atoms with Crippen LogP contribution in [0.25, 0.3) is 0 Å². The van der Waals surface area contributed by atoms with Crippen molar-refractivity contribution in [3.8, 4) is 0 Å². The van der Waals surface area contributed by atoms with Gasteiger partial charge in [0.25, 0.3) is 0 Å². The number of aromatic carboxylic acids is 1. The van der Waals surface area contributed by atoms with Gasteiger partial charge in [-0.2, -0.15) is 0 Å².